The number of benzene rings is 2. The molecule has 5 rings (SSSR count). The van der Waals surface area contributed by atoms with Crippen LogP contribution >= 0.6 is 11.6 Å². The average molecular weight is 527 g/mol. The van der Waals surface area contributed by atoms with E-state index < -0.39 is 23.8 Å². The number of carbonyl (C=O) groups excluding carboxylic acids is 2. The molecule has 0 radical (unpaired) electrons. The number of hydrogen-bond acceptors (Lipinski definition) is 6. The highest BCUT2D eigenvalue weighted by Crippen LogP contribution is 2.34. The Morgan fingerprint density at radius 2 is 1.89 bits per heavy atom. The number of carbonyl (C=O) groups is 2. The van der Waals surface area contributed by atoms with Gasteiger partial charge in [-0.3, -0.25) is 9.59 Å². The van der Waals surface area contributed by atoms with Crippen molar-refractivity contribution in [3.8, 4) is 11.4 Å². The van der Waals surface area contributed by atoms with Crippen molar-refractivity contribution in [3.05, 3.63) is 76.8 Å². The van der Waals surface area contributed by atoms with Crippen molar-refractivity contribution in [2.75, 3.05) is 19.6 Å². The van der Waals surface area contributed by atoms with Crippen LogP contribution in [-0.4, -0.2) is 63.3 Å². The molecule has 194 valence electrons. The highest BCUT2D eigenvalue weighted by Gasteiger charge is 2.30. The molecule has 1 saturated heterocycles. The van der Waals surface area contributed by atoms with E-state index in [2.05, 4.69) is 15.3 Å². The molecule has 1 aliphatic heterocycles. The molecule has 10 heteroatoms. The third-order valence-corrected chi connectivity index (χ3v) is 6.90. The lowest BCUT2D eigenvalue weighted by Gasteiger charge is -2.28. The van der Waals surface area contributed by atoms with Crippen molar-refractivity contribution in [1.29, 1.82) is 0 Å². The molecule has 2 N–H and O–H groups in total. The van der Waals surface area contributed by atoms with E-state index in [0.717, 1.165) is 38.8 Å². The number of ether oxygens (including phenoxy) is 1. The second-order valence-electron chi connectivity index (χ2n) is 9.52. The second-order valence-corrected chi connectivity index (χ2v) is 9.93. The zero-order valence-electron chi connectivity index (χ0n) is 20.1. The minimum atomic E-state index is -1.09. The Balaban J connectivity index is 1.30. The van der Waals surface area contributed by atoms with Crippen molar-refractivity contribution >= 4 is 23.3 Å². The molecule has 2 aliphatic rings. The van der Waals surface area contributed by atoms with Crippen molar-refractivity contribution < 1.29 is 23.8 Å². The molecule has 3 aromatic rings. The summed E-state index contributed by atoms with van der Waals surface area (Å²) in [5.41, 5.74) is 1.16. The fourth-order valence-corrected chi connectivity index (χ4v) is 4.64. The van der Waals surface area contributed by atoms with Gasteiger partial charge in [0.1, 0.15) is 17.7 Å². The summed E-state index contributed by atoms with van der Waals surface area (Å²) in [4.78, 5) is 28.1. The lowest BCUT2D eigenvalue weighted by atomic mass is 10.0. The van der Waals surface area contributed by atoms with E-state index in [1.807, 2.05) is 0 Å². The van der Waals surface area contributed by atoms with Gasteiger partial charge in [-0.05, 0) is 80.7 Å². The van der Waals surface area contributed by atoms with Crippen molar-refractivity contribution in [2.45, 2.75) is 43.9 Å². The van der Waals surface area contributed by atoms with Gasteiger partial charge in [-0.15, -0.1) is 0 Å². The molecule has 37 heavy (non-hydrogen) atoms. The quantitative estimate of drug-likeness (QED) is 0.309. The van der Waals surface area contributed by atoms with Gasteiger partial charge in [0.25, 0.3) is 11.7 Å². The molecular formula is C27H28ClFN4O4. The van der Waals surface area contributed by atoms with Crippen LogP contribution in [0.15, 0.2) is 54.9 Å². The van der Waals surface area contributed by atoms with E-state index in [1.165, 1.54) is 41.3 Å². The topological polar surface area (TPSA) is 96.7 Å². The van der Waals surface area contributed by atoms with Crippen LogP contribution < -0.4 is 10.1 Å². The normalized spacial score (nSPS) is 17.4. The molecular weight excluding hydrogens is 499 g/mol. The number of amides is 1. The molecule has 1 amide bonds. The van der Waals surface area contributed by atoms with Crippen molar-refractivity contribution in [1.82, 2.24) is 20.0 Å². The maximum absolute atomic E-state index is 13.2. The zero-order valence-corrected chi connectivity index (χ0v) is 20.9. The summed E-state index contributed by atoms with van der Waals surface area (Å²) in [6.45, 7) is 2.09. The van der Waals surface area contributed by atoms with E-state index in [4.69, 9.17) is 16.3 Å². The first-order valence-corrected chi connectivity index (χ1v) is 12.8. The molecule has 2 aromatic carbocycles. The molecule has 8 nitrogen and oxygen atoms in total. The Morgan fingerprint density at radius 3 is 2.57 bits per heavy atom. The third-order valence-electron chi connectivity index (χ3n) is 6.61. The monoisotopic (exact) mass is 526 g/mol. The Bertz CT molecular complexity index is 1270. The Kier molecular flexibility index (Phi) is 7.55. The van der Waals surface area contributed by atoms with Crippen LogP contribution in [-0.2, 0) is 4.79 Å². The standard InChI is InChI=1S/C27H28ClFN4O4/c28-22-13-17(3-10-24(22)37-21-8-9-21)25(34)23(16-32-11-1-2-12-32)31-27(36)26(35)18-14-30-33(15-18)20-6-4-19(29)5-7-20/h3-7,10,13-15,21,23,25,34H,1-2,8-9,11-12,16H2,(H,31,36)/t23-,25-/m1/s1. The van der Waals surface area contributed by atoms with Gasteiger partial charge in [-0.2, -0.15) is 5.10 Å². The second kappa shape index (κ2) is 11.0. The molecule has 2 atom stereocenters. The third kappa shape index (κ3) is 6.18. The van der Waals surface area contributed by atoms with Crippen molar-refractivity contribution in [3.63, 3.8) is 0 Å². The van der Waals surface area contributed by atoms with E-state index in [0.29, 0.717) is 28.6 Å². The smallest absolute Gasteiger partial charge is 0.292 e. The first kappa shape index (κ1) is 25.4. The van der Waals surface area contributed by atoms with Gasteiger partial charge in [0.05, 0.1) is 34.6 Å². The van der Waals surface area contributed by atoms with Gasteiger partial charge >= 0.3 is 0 Å². The molecule has 0 spiro atoms. The van der Waals surface area contributed by atoms with Gasteiger partial charge in [-0.1, -0.05) is 17.7 Å². The minimum absolute atomic E-state index is 0.0841. The maximum atomic E-state index is 13.2. The highest BCUT2D eigenvalue weighted by molar-refractivity contribution is 6.42. The van der Waals surface area contributed by atoms with E-state index in [9.17, 15) is 19.1 Å². The Hall–Kier alpha value is -3.27. The number of Topliss-reactive ketones (excluding diaryl/α,β-unsaturated/α-hetero) is 1. The highest BCUT2D eigenvalue weighted by atomic mass is 35.5. The Labute approximate surface area is 219 Å². The van der Waals surface area contributed by atoms with Crippen LogP contribution in [0.3, 0.4) is 0 Å². The van der Waals surface area contributed by atoms with Crippen LogP contribution in [0.5, 0.6) is 5.75 Å². The number of aromatic nitrogens is 2. The summed E-state index contributed by atoms with van der Waals surface area (Å²) in [5, 5.41) is 18.5. The van der Waals surface area contributed by atoms with Gasteiger partial charge < -0.3 is 20.1 Å². The molecule has 1 aliphatic carbocycles. The van der Waals surface area contributed by atoms with Gasteiger partial charge in [0.2, 0.25) is 0 Å². The van der Waals surface area contributed by atoms with Crippen LogP contribution in [0.25, 0.3) is 5.69 Å². The minimum Gasteiger partial charge on any atom is -0.489 e. The van der Waals surface area contributed by atoms with Gasteiger partial charge in [0, 0.05) is 12.7 Å². The summed E-state index contributed by atoms with van der Waals surface area (Å²) in [6, 6.07) is 9.96. The maximum Gasteiger partial charge on any atom is 0.292 e. The largest absolute Gasteiger partial charge is 0.489 e. The Morgan fingerprint density at radius 1 is 1.16 bits per heavy atom. The fraction of sp³-hybridized carbons (Fsp3) is 0.370. The molecule has 2 heterocycles. The molecule has 1 aromatic heterocycles. The first-order valence-electron chi connectivity index (χ1n) is 12.4. The first-order chi connectivity index (χ1) is 17.9. The number of aliphatic hydroxyl groups is 1. The summed E-state index contributed by atoms with van der Waals surface area (Å²) in [7, 11) is 0. The van der Waals surface area contributed by atoms with Crippen LogP contribution in [0.4, 0.5) is 4.39 Å². The van der Waals surface area contributed by atoms with Gasteiger partial charge in [0.15, 0.2) is 0 Å². The predicted octanol–water partition coefficient (Wildman–Crippen LogP) is 3.70. The number of aliphatic hydroxyl groups excluding tert-OH is 1. The zero-order chi connectivity index (χ0) is 25.9. The lowest BCUT2D eigenvalue weighted by molar-refractivity contribution is -0.118. The van der Waals surface area contributed by atoms with Crippen LogP contribution in [0.2, 0.25) is 5.02 Å². The molecule has 2 fully saturated rings. The van der Waals surface area contributed by atoms with Crippen LogP contribution in [0.1, 0.15) is 47.7 Å². The SMILES string of the molecule is O=C(N[C@H](CN1CCCC1)[C@H](O)c1ccc(OC2CC2)c(Cl)c1)C(=O)c1cnn(-c2ccc(F)cc2)c1. The molecule has 0 unspecified atom stereocenters. The number of nitrogens with one attached hydrogen (secondary N) is 1. The van der Waals surface area contributed by atoms with E-state index in [1.54, 1.807) is 18.2 Å². The van der Waals surface area contributed by atoms with E-state index >= 15 is 0 Å². The summed E-state index contributed by atoms with van der Waals surface area (Å²) in [5.74, 6) is -1.45. The van der Waals surface area contributed by atoms with E-state index in [-0.39, 0.29) is 17.5 Å². The number of nitrogens with zero attached hydrogens (tertiary/aromatic N) is 3. The van der Waals surface area contributed by atoms with Crippen molar-refractivity contribution in [2.24, 2.45) is 0 Å². The number of rotatable bonds is 10. The average Bonchev–Trinajstić information content (AvgIpc) is 3.33. The van der Waals surface area contributed by atoms with Gasteiger partial charge in [-0.25, -0.2) is 9.07 Å². The van der Waals surface area contributed by atoms with Crippen LogP contribution in [0, 0.1) is 5.82 Å². The fourth-order valence-electron chi connectivity index (χ4n) is 4.40. The molecule has 0 bridgehead atoms. The summed E-state index contributed by atoms with van der Waals surface area (Å²) in [6.07, 6.45) is 5.88. The summed E-state index contributed by atoms with van der Waals surface area (Å²) < 4.78 is 20.4. The predicted molar refractivity (Wildman–Crippen MR) is 136 cm³/mol. The lowest BCUT2D eigenvalue weighted by Crippen LogP contribution is -2.48. The number of halogens is 2. The number of hydrogen-bond donors (Lipinski definition) is 2. The number of likely N-dealkylation sites (tertiary alicyclic amines) is 1. The molecule has 1 saturated carbocycles. The summed E-state index contributed by atoms with van der Waals surface area (Å²) >= 11 is 6.40. The number of ketones is 1.